The minimum Gasteiger partial charge on any atom is -0.379 e. The fourth-order valence-corrected chi connectivity index (χ4v) is 9.03. The lowest BCUT2D eigenvalue weighted by Crippen LogP contribution is -2.52. The number of hydrogen-bond donors (Lipinski definition) is 3. The predicted molar refractivity (Wildman–Crippen MR) is 224 cm³/mol. The number of amides is 5. The lowest BCUT2D eigenvalue weighted by Gasteiger charge is -2.37. The molecule has 8 rings (SSSR count). The molecule has 4 aliphatic rings. The number of fused-ring (bicyclic) bond motifs is 1. The van der Waals surface area contributed by atoms with Crippen LogP contribution in [0.25, 0.3) is 0 Å². The number of hydrogen-bond acceptors (Lipinski definition) is 10. The van der Waals surface area contributed by atoms with Gasteiger partial charge in [-0.25, -0.2) is 4.68 Å². The second-order valence-electron chi connectivity index (χ2n) is 15.9. The lowest BCUT2D eigenvalue weighted by atomic mass is 9.87. The molecule has 3 atom stereocenters. The van der Waals surface area contributed by atoms with E-state index >= 15 is 0 Å². The third-order valence-corrected chi connectivity index (χ3v) is 12.5. The first-order valence-corrected chi connectivity index (χ1v) is 20.7. The molecule has 4 aromatic rings. The number of likely N-dealkylation sites (tertiary alicyclic amines) is 1. The van der Waals surface area contributed by atoms with Gasteiger partial charge in [-0.05, 0) is 101 Å². The van der Waals surface area contributed by atoms with E-state index in [1.165, 1.54) is 15.1 Å². The monoisotopic (exact) mass is 863 g/mol. The number of aromatic nitrogens is 2. The van der Waals surface area contributed by atoms with Crippen LogP contribution in [0.1, 0.15) is 72.9 Å². The summed E-state index contributed by atoms with van der Waals surface area (Å²) in [6, 6.07) is 20.0. The van der Waals surface area contributed by atoms with Crippen molar-refractivity contribution in [3.8, 4) is 0 Å². The van der Waals surface area contributed by atoms with Gasteiger partial charge in [-0.2, -0.15) is 5.10 Å². The van der Waals surface area contributed by atoms with Crippen LogP contribution in [-0.4, -0.2) is 117 Å². The highest BCUT2D eigenvalue weighted by Crippen LogP contribution is 2.31. The van der Waals surface area contributed by atoms with Gasteiger partial charge in [0.05, 0.1) is 11.9 Å². The minimum atomic E-state index is -0.698. The molecule has 5 heterocycles. The molecule has 0 radical (unpaired) electrons. The summed E-state index contributed by atoms with van der Waals surface area (Å²) in [6.45, 7) is 5.36. The Kier molecular flexibility index (Phi) is 11.5. The van der Waals surface area contributed by atoms with Crippen molar-refractivity contribution in [2.24, 2.45) is 7.05 Å². The standard InChI is InChI=1S/C43H46BrN9O6/c1-49-23-30(19-33(25-49)46-35-21-45-50(2)43(59)38(35)44)27-7-9-29(10-8-27)41(57)52-17-15-51(16-18-52)22-26-3-5-28(6-4-26)39(55)47-32-11-12-34-31(20-32)24-53(42(34)58)36-13-14-37(54)48-40(36)56/h3-12,20-21,30,33,36,46H,13-19,22-25H2,1-2H3,(H,47,55)(H,48,54,56). The summed E-state index contributed by atoms with van der Waals surface area (Å²) in [6.07, 6.45) is 3.02. The van der Waals surface area contributed by atoms with Crippen molar-refractivity contribution in [2.75, 3.05) is 56.9 Å². The number of halogens is 1. The maximum absolute atomic E-state index is 13.5. The molecule has 3 saturated heterocycles. The second kappa shape index (κ2) is 16.9. The van der Waals surface area contributed by atoms with Crippen molar-refractivity contribution in [3.05, 3.63) is 121 Å². The lowest BCUT2D eigenvalue weighted by molar-refractivity contribution is -0.136. The highest BCUT2D eigenvalue weighted by molar-refractivity contribution is 9.10. The normalized spacial score (nSPS) is 21.3. The SMILES string of the molecule is CN1CC(Nc2cnn(C)c(=O)c2Br)CC(c2ccc(C(=O)N3CCN(Cc4ccc(C(=O)Nc5ccc6c(c5)CN(C5CCC(=O)NC5=O)C6=O)cc4)CC3)cc2)C1. The molecule has 3 aromatic carbocycles. The Bertz CT molecular complexity index is 2360. The van der Waals surface area contributed by atoms with E-state index in [1.807, 2.05) is 29.2 Å². The summed E-state index contributed by atoms with van der Waals surface area (Å²) in [5, 5.41) is 12.9. The zero-order valence-corrected chi connectivity index (χ0v) is 34.5. The number of piperidine rings is 2. The first-order chi connectivity index (χ1) is 28.4. The van der Waals surface area contributed by atoms with Gasteiger partial charge in [0, 0.05) is 94.2 Å². The zero-order chi connectivity index (χ0) is 41.4. The molecule has 0 spiro atoms. The van der Waals surface area contributed by atoms with E-state index in [9.17, 15) is 28.8 Å². The van der Waals surface area contributed by atoms with E-state index in [0.29, 0.717) is 57.7 Å². The molecule has 5 amide bonds. The van der Waals surface area contributed by atoms with E-state index in [-0.39, 0.29) is 60.5 Å². The maximum atomic E-state index is 13.5. The van der Waals surface area contributed by atoms with Gasteiger partial charge < -0.3 is 25.3 Å². The van der Waals surface area contributed by atoms with Gasteiger partial charge in [0.1, 0.15) is 10.5 Å². The number of imide groups is 1. The molecule has 0 bridgehead atoms. The maximum Gasteiger partial charge on any atom is 0.282 e. The summed E-state index contributed by atoms with van der Waals surface area (Å²) in [7, 11) is 3.72. The van der Waals surface area contributed by atoms with E-state index in [4.69, 9.17) is 0 Å². The Morgan fingerprint density at radius 3 is 2.36 bits per heavy atom. The van der Waals surface area contributed by atoms with Crippen molar-refractivity contribution in [1.82, 2.24) is 34.7 Å². The number of nitrogens with one attached hydrogen (secondary N) is 3. The second-order valence-corrected chi connectivity index (χ2v) is 16.7. The van der Waals surface area contributed by atoms with Crippen LogP contribution in [0.3, 0.4) is 0 Å². The van der Waals surface area contributed by atoms with Gasteiger partial charge in [0.15, 0.2) is 0 Å². The number of nitrogens with zero attached hydrogens (tertiary/aromatic N) is 6. The van der Waals surface area contributed by atoms with E-state index < -0.39 is 11.9 Å². The Morgan fingerprint density at radius 2 is 1.63 bits per heavy atom. The first-order valence-electron chi connectivity index (χ1n) is 19.9. The number of carbonyl (C=O) groups is 5. The largest absolute Gasteiger partial charge is 0.379 e. The number of aryl methyl sites for hydroxylation is 1. The Morgan fingerprint density at radius 1 is 0.898 bits per heavy atom. The average Bonchev–Trinajstić information content (AvgIpc) is 3.55. The van der Waals surface area contributed by atoms with Crippen LogP contribution in [0.2, 0.25) is 0 Å². The Hall–Kier alpha value is -5.71. The topological polar surface area (TPSA) is 169 Å². The summed E-state index contributed by atoms with van der Waals surface area (Å²) in [5.41, 5.74) is 5.64. The van der Waals surface area contributed by atoms with Crippen LogP contribution in [-0.2, 0) is 29.7 Å². The molecular formula is C43H46BrN9O6. The molecule has 16 heteroatoms. The Balaban J connectivity index is 0.800. The predicted octanol–water partition coefficient (Wildman–Crippen LogP) is 3.41. The zero-order valence-electron chi connectivity index (χ0n) is 32.9. The number of piperazine rings is 1. The van der Waals surface area contributed by atoms with Crippen molar-refractivity contribution in [1.29, 1.82) is 0 Å². The van der Waals surface area contributed by atoms with Crippen LogP contribution in [0.5, 0.6) is 0 Å². The van der Waals surface area contributed by atoms with Crippen molar-refractivity contribution in [2.45, 2.75) is 50.4 Å². The minimum absolute atomic E-state index is 0.0245. The van der Waals surface area contributed by atoms with Crippen LogP contribution in [0, 0.1) is 0 Å². The van der Waals surface area contributed by atoms with Crippen molar-refractivity contribution in [3.63, 3.8) is 0 Å². The van der Waals surface area contributed by atoms with E-state index in [1.54, 1.807) is 43.6 Å². The number of likely N-dealkylation sites (N-methyl/N-ethyl adjacent to an activating group) is 1. The highest BCUT2D eigenvalue weighted by Gasteiger charge is 2.39. The van der Waals surface area contributed by atoms with Gasteiger partial charge in [-0.3, -0.25) is 39.0 Å². The molecule has 0 saturated carbocycles. The van der Waals surface area contributed by atoms with Crippen molar-refractivity contribution >= 4 is 56.8 Å². The third kappa shape index (κ3) is 8.70. The summed E-state index contributed by atoms with van der Waals surface area (Å²) < 4.78 is 1.77. The van der Waals surface area contributed by atoms with Crippen LogP contribution in [0.4, 0.5) is 11.4 Å². The molecule has 15 nitrogen and oxygen atoms in total. The quantitative estimate of drug-likeness (QED) is 0.212. The van der Waals surface area contributed by atoms with Crippen molar-refractivity contribution < 1.29 is 24.0 Å². The van der Waals surface area contributed by atoms with Gasteiger partial charge in [-0.1, -0.05) is 24.3 Å². The van der Waals surface area contributed by atoms with Gasteiger partial charge in [0.2, 0.25) is 11.8 Å². The third-order valence-electron chi connectivity index (χ3n) is 11.8. The molecule has 0 aliphatic carbocycles. The van der Waals surface area contributed by atoms with E-state index in [0.717, 1.165) is 38.2 Å². The fraction of sp³-hybridized carbons (Fsp3) is 0.372. The molecular weight excluding hydrogens is 818 g/mol. The van der Waals surface area contributed by atoms with Gasteiger partial charge >= 0.3 is 0 Å². The molecule has 306 valence electrons. The van der Waals surface area contributed by atoms with Gasteiger partial charge in [-0.15, -0.1) is 0 Å². The van der Waals surface area contributed by atoms with Crippen LogP contribution >= 0.6 is 15.9 Å². The molecule has 3 fully saturated rings. The number of rotatable bonds is 9. The number of carbonyl (C=O) groups excluding carboxylic acids is 5. The van der Waals surface area contributed by atoms with Crippen LogP contribution < -0.4 is 21.5 Å². The molecule has 4 aliphatic heterocycles. The highest BCUT2D eigenvalue weighted by atomic mass is 79.9. The molecule has 59 heavy (non-hydrogen) atoms. The van der Waals surface area contributed by atoms with Crippen LogP contribution in [0.15, 0.2) is 82.2 Å². The molecule has 1 aromatic heterocycles. The fourth-order valence-electron chi connectivity index (χ4n) is 8.56. The molecule has 3 N–H and O–H groups in total. The first kappa shape index (κ1) is 40.1. The molecule has 3 unspecified atom stereocenters. The number of anilines is 2. The number of benzene rings is 3. The summed E-state index contributed by atoms with van der Waals surface area (Å²) >= 11 is 3.42. The summed E-state index contributed by atoms with van der Waals surface area (Å²) in [5.74, 6) is -1.05. The Labute approximate surface area is 349 Å². The smallest absolute Gasteiger partial charge is 0.282 e. The average molecular weight is 865 g/mol. The van der Waals surface area contributed by atoms with E-state index in [2.05, 4.69) is 66.0 Å². The van der Waals surface area contributed by atoms with Gasteiger partial charge in [0.25, 0.3) is 23.3 Å². The summed E-state index contributed by atoms with van der Waals surface area (Å²) in [4.78, 5) is 84.0.